The molecule has 0 aliphatic carbocycles. The molecule has 0 aromatic heterocycles. The number of benzene rings is 4. The molecule has 13 heteroatoms. The van der Waals surface area contributed by atoms with Gasteiger partial charge in [-0.1, -0.05) is 56.3 Å². The number of carbonyl (C=O) groups is 1. The summed E-state index contributed by atoms with van der Waals surface area (Å²) < 4.78 is 63.8. The van der Waals surface area contributed by atoms with Gasteiger partial charge in [0.05, 0.1) is 12.5 Å². The van der Waals surface area contributed by atoms with E-state index in [4.69, 9.17) is 18.5 Å². The quantitative estimate of drug-likeness (QED) is 0.0673. The van der Waals surface area contributed by atoms with E-state index in [0.717, 1.165) is 5.56 Å². The molecule has 2 unspecified atom stereocenters. The number of rotatable bonds is 16. The van der Waals surface area contributed by atoms with Gasteiger partial charge >= 0.3 is 20.3 Å². The minimum Gasteiger partial charge on any atom is -0.457 e. The molecule has 52 heavy (non-hydrogen) atoms. The second kappa shape index (κ2) is 20.6. The first-order chi connectivity index (χ1) is 24.8. The van der Waals surface area contributed by atoms with Crippen molar-refractivity contribution >= 4 is 25.5 Å². The smallest absolute Gasteiger partial charge is 0.457 e. The molecule has 0 radical (unpaired) electrons. The fourth-order valence-corrected chi connectivity index (χ4v) is 7.12. The number of nitrogens with zero attached hydrogens (tertiary/aromatic N) is 1. The van der Waals surface area contributed by atoms with Crippen molar-refractivity contribution in [3.05, 3.63) is 114 Å². The number of halogens is 2. The lowest BCUT2D eigenvalue weighted by Gasteiger charge is -2.22. The predicted molar refractivity (Wildman–Crippen MR) is 199 cm³/mol. The van der Waals surface area contributed by atoms with Crippen LogP contribution in [0.2, 0.25) is 0 Å². The number of ether oxygens (including phenoxy) is 3. The highest BCUT2D eigenvalue weighted by Crippen LogP contribution is 2.45. The van der Waals surface area contributed by atoms with Gasteiger partial charge in [-0.25, -0.2) is 9.65 Å². The summed E-state index contributed by atoms with van der Waals surface area (Å²) >= 11 is 1.67. The van der Waals surface area contributed by atoms with Crippen molar-refractivity contribution < 1.29 is 41.4 Å². The van der Waals surface area contributed by atoms with E-state index in [-0.39, 0.29) is 17.7 Å². The number of nitrogens with one attached hydrogen (secondary N) is 1. The van der Waals surface area contributed by atoms with E-state index in [1.54, 1.807) is 67.2 Å². The second-order valence-electron chi connectivity index (χ2n) is 12.0. The Morgan fingerprint density at radius 2 is 1.52 bits per heavy atom. The molecule has 3 atom stereocenters. The number of nitriles is 1. The van der Waals surface area contributed by atoms with Gasteiger partial charge < -0.3 is 18.7 Å². The first-order valence-electron chi connectivity index (χ1n) is 16.6. The van der Waals surface area contributed by atoms with Crippen LogP contribution in [0.3, 0.4) is 0 Å². The lowest BCUT2D eigenvalue weighted by Crippen LogP contribution is -2.23. The van der Waals surface area contributed by atoms with E-state index in [0.29, 0.717) is 35.0 Å². The number of aryl methyl sites for hydroxylation is 1. The molecular formula is C39H45F2N2O7PS. The Kier molecular flexibility index (Phi) is 16.6. The van der Waals surface area contributed by atoms with Gasteiger partial charge in [0.25, 0.3) is 0 Å². The van der Waals surface area contributed by atoms with Gasteiger partial charge in [-0.05, 0) is 106 Å². The molecular weight excluding hydrogens is 709 g/mol. The average Bonchev–Trinajstić information content (AvgIpc) is 3.08. The number of thioether (sulfide) groups is 1. The summed E-state index contributed by atoms with van der Waals surface area (Å²) in [6.07, 6.45) is 0.883. The predicted octanol–water partition coefficient (Wildman–Crippen LogP) is 10.9. The van der Waals surface area contributed by atoms with Crippen molar-refractivity contribution in [2.75, 3.05) is 12.9 Å². The van der Waals surface area contributed by atoms with Crippen LogP contribution >= 0.6 is 19.5 Å². The summed E-state index contributed by atoms with van der Waals surface area (Å²) in [5, 5.41) is 12.5. The zero-order valence-corrected chi connectivity index (χ0v) is 32.0. The lowest BCUT2D eigenvalue weighted by molar-refractivity contribution is -0.150. The van der Waals surface area contributed by atoms with Crippen LogP contribution in [-0.4, -0.2) is 31.5 Å². The third-order valence-electron chi connectivity index (χ3n) is 7.18. The van der Waals surface area contributed by atoms with Crippen LogP contribution in [0.25, 0.3) is 0 Å². The number of esters is 1. The highest BCUT2D eigenvalue weighted by molar-refractivity contribution is 7.98. The Morgan fingerprint density at radius 3 is 2.08 bits per heavy atom. The molecule has 4 aromatic carbocycles. The monoisotopic (exact) mass is 754 g/mol. The molecule has 0 saturated heterocycles. The Hall–Kier alpha value is -4.40. The molecule has 4 rings (SSSR count). The van der Waals surface area contributed by atoms with Crippen molar-refractivity contribution in [3.63, 3.8) is 0 Å². The van der Waals surface area contributed by atoms with Crippen LogP contribution in [0.5, 0.6) is 23.0 Å². The fourth-order valence-electron chi connectivity index (χ4n) is 5.00. The van der Waals surface area contributed by atoms with E-state index in [2.05, 4.69) is 9.82 Å². The molecule has 9 nitrogen and oxygen atoms in total. The summed E-state index contributed by atoms with van der Waals surface area (Å²) in [4.78, 5) is 14.2. The van der Waals surface area contributed by atoms with Gasteiger partial charge in [-0.3, -0.25) is 9.32 Å². The van der Waals surface area contributed by atoms with Crippen LogP contribution in [0.1, 0.15) is 63.3 Å². The molecule has 4 aromatic rings. The molecule has 0 amide bonds. The molecule has 0 spiro atoms. The average molecular weight is 755 g/mol. The van der Waals surface area contributed by atoms with Crippen molar-refractivity contribution in [3.8, 4) is 29.1 Å². The minimum atomic E-state index is -3.30. The van der Waals surface area contributed by atoms with Gasteiger partial charge in [0, 0.05) is 16.5 Å². The number of alkyl halides is 2. The maximum absolute atomic E-state index is 13.0. The SMILES string of the molecule is CC(C)[C@H](C(=O)OC(C#N)c1cccc(Oc2ccccc2)c1)c1ccc(OC(F)F)cc1.CCOP(=O)(NC(C)C)Oc1ccc(SC)c(C)c1. The van der Waals surface area contributed by atoms with Crippen molar-refractivity contribution in [2.45, 2.75) is 71.1 Å². The minimum absolute atomic E-state index is 0.00486. The Bertz CT molecular complexity index is 1800. The van der Waals surface area contributed by atoms with E-state index in [9.17, 15) is 23.4 Å². The number of hydrogen-bond donors (Lipinski definition) is 1. The molecule has 0 bridgehead atoms. The molecule has 0 aliphatic heterocycles. The summed E-state index contributed by atoms with van der Waals surface area (Å²) in [6, 6.07) is 29.5. The zero-order chi connectivity index (χ0) is 38.3. The topological polar surface area (TPSA) is 116 Å². The van der Waals surface area contributed by atoms with Gasteiger partial charge in [0.2, 0.25) is 6.10 Å². The number of para-hydroxylation sites is 1. The van der Waals surface area contributed by atoms with Crippen molar-refractivity contribution in [1.29, 1.82) is 5.26 Å². The van der Waals surface area contributed by atoms with Gasteiger partial charge in [0.1, 0.15) is 29.1 Å². The normalized spacial score (nSPS) is 13.3. The Labute approximate surface area is 309 Å². The van der Waals surface area contributed by atoms with Crippen molar-refractivity contribution in [2.24, 2.45) is 5.92 Å². The van der Waals surface area contributed by atoms with Crippen LogP contribution in [0.15, 0.2) is 102 Å². The third-order valence-corrected chi connectivity index (χ3v) is 9.96. The summed E-state index contributed by atoms with van der Waals surface area (Å²) in [5.41, 5.74) is 2.15. The Balaban J connectivity index is 0.000000326. The molecule has 0 aliphatic rings. The van der Waals surface area contributed by atoms with Crippen LogP contribution in [0, 0.1) is 24.2 Å². The maximum atomic E-state index is 13.0. The molecule has 0 fully saturated rings. The highest BCUT2D eigenvalue weighted by Gasteiger charge is 2.29. The van der Waals surface area contributed by atoms with Crippen LogP contribution in [-0.2, 0) is 18.6 Å². The van der Waals surface area contributed by atoms with Gasteiger partial charge in [0.15, 0.2) is 0 Å². The van der Waals surface area contributed by atoms with Crippen LogP contribution < -0.4 is 19.1 Å². The molecule has 1 N–H and O–H groups in total. The molecule has 278 valence electrons. The number of carbonyl (C=O) groups excluding carboxylic acids is 1. The van der Waals surface area contributed by atoms with Crippen LogP contribution in [0.4, 0.5) is 8.78 Å². The summed E-state index contributed by atoms with van der Waals surface area (Å²) in [5.74, 6) is 0.254. The number of hydrogen-bond acceptors (Lipinski definition) is 9. The Morgan fingerprint density at radius 1 is 0.865 bits per heavy atom. The van der Waals surface area contributed by atoms with E-state index in [1.807, 2.05) is 83.3 Å². The molecule has 0 saturated carbocycles. The molecule has 0 heterocycles. The van der Waals surface area contributed by atoms with E-state index >= 15 is 0 Å². The first kappa shape index (κ1) is 42.0. The van der Waals surface area contributed by atoms with Crippen molar-refractivity contribution in [1.82, 2.24) is 5.09 Å². The maximum Gasteiger partial charge on any atom is 0.458 e. The van der Waals surface area contributed by atoms with Gasteiger partial charge in [-0.2, -0.15) is 14.0 Å². The van der Waals surface area contributed by atoms with Gasteiger partial charge in [-0.15, -0.1) is 11.8 Å². The van der Waals surface area contributed by atoms with E-state index < -0.39 is 32.3 Å². The zero-order valence-electron chi connectivity index (χ0n) is 30.2. The second-order valence-corrected chi connectivity index (χ2v) is 14.6. The standard InChI is InChI=1S/C26H23F2NO4.C13H22NO3PS/c1-17(2)24(18-11-13-21(14-12-18)32-26(27)28)25(30)33-23(16-29)19-7-6-10-22(15-19)31-20-8-4-3-5-9-20;1-6-16-18(15,14-10(2)3)17-12-7-8-13(19-5)11(4)9-12/h3-15,17,23-24,26H,1-2H3;7-10H,6H2,1-5H3,(H,14,15)/t23?,24-;/m0./s1. The largest absolute Gasteiger partial charge is 0.458 e. The lowest BCUT2D eigenvalue weighted by atomic mass is 9.88. The fraction of sp³-hybridized carbons (Fsp3) is 0.333. The summed E-state index contributed by atoms with van der Waals surface area (Å²) in [7, 11) is -3.30. The first-order valence-corrected chi connectivity index (χ1v) is 19.4. The third kappa shape index (κ3) is 13.3. The highest BCUT2D eigenvalue weighted by atomic mass is 32.2. The summed E-state index contributed by atoms with van der Waals surface area (Å²) in [6.45, 7) is 8.67. The van der Waals surface area contributed by atoms with E-state index in [1.165, 1.54) is 17.0 Å².